The molecule has 0 radical (unpaired) electrons. The molecule has 18 heavy (non-hydrogen) atoms. The summed E-state index contributed by atoms with van der Waals surface area (Å²) in [6, 6.07) is 13.1. The van der Waals surface area contributed by atoms with Gasteiger partial charge in [-0.25, -0.2) is 4.39 Å². The Morgan fingerprint density at radius 2 is 1.56 bits per heavy atom. The minimum Gasteiger partial charge on any atom is -0.277 e. The zero-order valence-electron chi connectivity index (χ0n) is 9.56. The van der Waals surface area contributed by atoms with Gasteiger partial charge in [-0.1, -0.05) is 24.8 Å². The predicted octanol–water partition coefficient (Wildman–Crippen LogP) is 3.46. The summed E-state index contributed by atoms with van der Waals surface area (Å²) in [5, 5.41) is 0. The van der Waals surface area contributed by atoms with Crippen LogP contribution in [0.5, 0.6) is 0 Å². The number of fused-ring (bicyclic) bond motifs is 1. The Morgan fingerprint density at radius 3 is 2.17 bits per heavy atom. The lowest BCUT2D eigenvalue weighted by atomic mass is 10.1. The van der Waals surface area contributed by atoms with Gasteiger partial charge in [-0.05, 0) is 30.3 Å². The third-order valence-corrected chi connectivity index (χ3v) is 3.03. The molecule has 1 amide bonds. The second-order valence-corrected chi connectivity index (χ2v) is 4.11. The molecule has 0 atom stereocenters. The molecule has 2 aromatic carbocycles. The van der Waals surface area contributed by atoms with Crippen LogP contribution >= 0.6 is 0 Å². The van der Waals surface area contributed by atoms with E-state index in [1.807, 2.05) is 18.2 Å². The fourth-order valence-electron chi connectivity index (χ4n) is 2.15. The van der Waals surface area contributed by atoms with E-state index in [4.69, 9.17) is 0 Å². The molecule has 2 aromatic rings. The Balaban J connectivity index is 2.09. The molecule has 0 aromatic heterocycles. The topological polar surface area (TPSA) is 20.3 Å². The van der Waals surface area contributed by atoms with Crippen LogP contribution < -0.4 is 4.90 Å². The van der Waals surface area contributed by atoms with Crippen molar-refractivity contribution in [2.75, 3.05) is 4.90 Å². The van der Waals surface area contributed by atoms with Crippen molar-refractivity contribution in [3.05, 3.63) is 72.1 Å². The van der Waals surface area contributed by atoms with Gasteiger partial charge in [0.25, 0.3) is 5.91 Å². The van der Waals surface area contributed by atoms with E-state index in [1.165, 1.54) is 17.0 Å². The maximum atomic E-state index is 12.9. The van der Waals surface area contributed by atoms with Gasteiger partial charge in [0.1, 0.15) is 5.82 Å². The molecule has 0 spiro atoms. The SMILES string of the molecule is C=C1c2ccccc2C(=O)N1c1ccc(F)cc1. The highest BCUT2D eigenvalue weighted by Crippen LogP contribution is 2.35. The monoisotopic (exact) mass is 239 g/mol. The van der Waals surface area contributed by atoms with Crippen LogP contribution in [0.15, 0.2) is 55.1 Å². The van der Waals surface area contributed by atoms with Crippen LogP contribution in [0, 0.1) is 5.82 Å². The number of amides is 1. The van der Waals surface area contributed by atoms with Gasteiger partial charge in [0.15, 0.2) is 0 Å². The fraction of sp³-hybridized carbons (Fsp3) is 0. The number of carbonyl (C=O) groups excluding carboxylic acids is 1. The molecule has 0 bridgehead atoms. The highest BCUT2D eigenvalue weighted by molar-refractivity contribution is 6.21. The van der Waals surface area contributed by atoms with Crippen molar-refractivity contribution in [3.8, 4) is 0 Å². The quantitative estimate of drug-likeness (QED) is 0.746. The number of benzene rings is 2. The van der Waals surface area contributed by atoms with E-state index in [-0.39, 0.29) is 11.7 Å². The maximum Gasteiger partial charge on any atom is 0.263 e. The van der Waals surface area contributed by atoms with Crippen LogP contribution in [-0.2, 0) is 0 Å². The third kappa shape index (κ3) is 1.44. The van der Waals surface area contributed by atoms with Crippen LogP contribution in [0.2, 0.25) is 0 Å². The summed E-state index contributed by atoms with van der Waals surface area (Å²) in [7, 11) is 0. The normalized spacial score (nSPS) is 13.9. The van der Waals surface area contributed by atoms with Crippen LogP contribution in [-0.4, -0.2) is 5.91 Å². The van der Waals surface area contributed by atoms with Crippen molar-refractivity contribution in [2.45, 2.75) is 0 Å². The summed E-state index contributed by atoms with van der Waals surface area (Å²) in [6.07, 6.45) is 0. The van der Waals surface area contributed by atoms with Crippen LogP contribution in [0.3, 0.4) is 0 Å². The van der Waals surface area contributed by atoms with E-state index in [9.17, 15) is 9.18 Å². The first-order chi connectivity index (χ1) is 8.68. The van der Waals surface area contributed by atoms with Gasteiger partial charge < -0.3 is 0 Å². The minimum atomic E-state index is -0.325. The molecule has 1 aliphatic heterocycles. The summed E-state index contributed by atoms with van der Waals surface area (Å²) in [4.78, 5) is 13.8. The lowest BCUT2D eigenvalue weighted by Crippen LogP contribution is -2.21. The van der Waals surface area contributed by atoms with Gasteiger partial charge in [0, 0.05) is 16.8 Å². The molecule has 0 fully saturated rings. The number of halogens is 1. The largest absolute Gasteiger partial charge is 0.277 e. The molecule has 3 rings (SSSR count). The Morgan fingerprint density at radius 1 is 0.944 bits per heavy atom. The molecule has 88 valence electrons. The van der Waals surface area contributed by atoms with Crippen LogP contribution in [0.1, 0.15) is 15.9 Å². The van der Waals surface area contributed by atoms with Gasteiger partial charge in [-0.15, -0.1) is 0 Å². The molecule has 2 nitrogen and oxygen atoms in total. The molecule has 0 unspecified atom stereocenters. The Hall–Kier alpha value is -2.42. The first-order valence-electron chi connectivity index (χ1n) is 5.57. The Bertz CT molecular complexity index is 611. The first-order valence-corrected chi connectivity index (χ1v) is 5.57. The smallest absolute Gasteiger partial charge is 0.263 e. The average molecular weight is 239 g/mol. The summed E-state index contributed by atoms with van der Waals surface area (Å²) >= 11 is 0. The van der Waals surface area contributed by atoms with Crippen molar-refractivity contribution in [1.29, 1.82) is 0 Å². The summed E-state index contributed by atoms with van der Waals surface area (Å²) < 4.78 is 12.9. The lowest BCUT2D eigenvalue weighted by molar-refractivity contribution is 0.101. The van der Waals surface area contributed by atoms with Crippen molar-refractivity contribution >= 4 is 17.3 Å². The number of carbonyl (C=O) groups is 1. The summed E-state index contributed by atoms with van der Waals surface area (Å²) in [5.41, 5.74) is 2.71. The molecule has 0 saturated heterocycles. The number of anilines is 1. The second kappa shape index (κ2) is 3.81. The predicted molar refractivity (Wildman–Crippen MR) is 68.7 cm³/mol. The molecule has 0 N–H and O–H groups in total. The zero-order chi connectivity index (χ0) is 12.7. The van der Waals surface area contributed by atoms with E-state index in [1.54, 1.807) is 18.2 Å². The number of hydrogen-bond acceptors (Lipinski definition) is 1. The maximum absolute atomic E-state index is 12.9. The molecule has 0 aliphatic carbocycles. The van der Waals surface area contributed by atoms with Crippen LogP contribution in [0.4, 0.5) is 10.1 Å². The van der Waals surface area contributed by atoms with E-state index < -0.39 is 0 Å². The molecular formula is C15H10FNO. The van der Waals surface area contributed by atoms with Gasteiger partial charge >= 0.3 is 0 Å². The van der Waals surface area contributed by atoms with Gasteiger partial charge in [-0.3, -0.25) is 9.69 Å². The first kappa shape index (κ1) is 10.7. The molecule has 3 heteroatoms. The molecular weight excluding hydrogens is 229 g/mol. The van der Waals surface area contributed by atoms with Crippen molar-refractivity contribution in [2.24, 2.45) is 0 Å². The molecule has 1 aliphatic rings. The minimum absolute atomic E-state index is 0.123. The highest BCUT2D eigenvalue weighted by atomic mass is 19.1. The van der Waals surface area contributed by atoms with E-state index in [2.05, 4.69) is 6.58 Å². The van der Waals surface area contributed by atoms with Crippen molar-refractivity contribution in [3.63, 3.8) is 0 Å². The third-order valence-electron chi connectivity index (χ3n) is 3.03. The molecule has 1 heterocycles. The average Bonchev–Trinajstić information content (AvgIpc) is 2.64. The van der Waals surface area contributed by atoms with Crippen LogP contribution in [0.25, 0.3) is 5.70 Å². The molecule has 0 saturated carbocycles. The van der Waals surface area contributed by atoms with E-state index in [0.717, 1.165) is 5.56 Å². The standard InChI is InChI=1S/C15H10FNO/c1-10-13-4-2-3-5-14(13)15(18)17(10)12-8-6-11(16)7-9-12/h2-9H,1H2. The number of hydrogen-bond donors (Lipinski definition) is 0. The van der Waals surface area contributed by atoms with Crippen molar-refractivity contribution < 1.29 is 9.18 Å². The summed E-state index contributed by atoms with van der Waals surface area (Å²) in [6.45, 7) is 3.94. The van der Waals surface area contributed by atoms with E-state index >= 15 is 0 Å². The lowest BCUT2D eigenvalue weighted by Gasteiger charge is -2.17. The summed E-state index contributed by atoms with van der Waals surface area (Å²) in [5.74, 6) is -0.448. The Kier molecular flexibility index (Phi) is 2.27. The second-order valence-electron chi connectivity index (χ2n) is 4.11. The number of nitrogens with zero attached hydrogens (tertiary/aromatic N) is 1. The van der Waals surface area contributed by atoms with Gasteiger partial charge in [0.05, 0.1) is 5.70 Å². The van der Waals surface area contributed by atoms with Crippen molar-refractivity contribution in [1.82, 2.24) is 0 Å². The van der Waals surface area contributed by atoms with Gasteiger partial charge in [0.2, 0.25) is 0 Å². The van der Waals surface area contributed by atoms with E-state index in [0.29, 0.717) is 16.9 Å². The zero-order valence-corrected chi connectivity index (χ0v) is 9.56. The fourth-order valence-corrected chi connectivity index (χ4v) is 2.15. The Labute approximate surface area is 104 Å². The number of rotatable bonds is 1. The highest BCUT2D eigenvalue weighted by Gasteiger charge is 2.31. The van der Waals surface area contributed by atoms with Gasteiger partial charge in [-0.2, -0.15) is 0 Å².